The summed E-state index contributed by atoms with van der Waals surface area (Å²) in [6, 6.07) is 14.2. The smallest absolute Gasteiger partial charge is 0.230 e. The first-order valence-corrected chi connectivity index (χ1v) is 9.33. The van der Waals surface area contributed by atoms with Crippen LogP contribution in [-0.2, 0) is 11.2 Å². The first kappa shape index (κ1) is 16.0. The zero-order valence-corrected chi connectivity index (χ0v) is 14.8. The molecule has 1 N–H and O–H groups in total. The molecule has 0 spiro atoms. The summed E-state index contributed by atoms with van der Waals surface area (Å²) in [5.41, 5.74) is 3.11. The summed E-state index contributed by atoms with van der Waals surface area (Å²) in [6.45, 7) is 4.16. The van der Waals surface area contributed by atoms with E-state index >= 15 is 0 Å². The lowest BCUT2D eigenvalue weighted by atomic mass is 10.1. The van der Waals surface area contributed by atoms with E-state index in [1.807, 2.05) is 37.3 Å². The summed E-state index contributed by atoms with van der Waals surface area (Å²) in [5, 5.41) is 3.57. The summed E-state index contributed by atoms with van der Waals surface area (Å²) < 4.78 is 1.10. The number of hydrogen-bond donors (Lipinski definition) is 1. The Balaban J connectivity index is 1.67. The normalized spacial score (nSPS) is 10.9. The molecule has 23 heavy (non-hydrogen) atoms. The number of benzene rings is 2. The largest absolute Gasteiger partial charge is 0.302 e. The first-order valence-electron chi connectivity index (χ1n) is 7.53. The lowest BCUT2D eigenvalue weighted by molar-refractivity contribution is -0.115. The van der Waals surface area contributed by atoms with Crippen molar-refractivity contribution >= 4 is 44.4 Å². The van der Waals surface area contributed by atoms with Crippen LogP contribution in [0.2, 0.25) is 0 Å². The van der Waals surface area contributed by atoms with Crippen molar-refractivity contribution in [1.29, 1.82) is 0 Å². The van der Waals surface area contributed by atoms with Gasteiger partial charge in [0.25, 0.3) is 0 Å². The highest BCUT2D eigenvalue weighted by molar-refractivity contribution is 7.99. The van der Waals surface area contributed by atoms with Crippen molar-refractivity contribution in [3.63, 3.8) is 0 Å². The molecule has 0 saturated heterocycles. The van der Waals surface area contributed by atoms with Gasteiger partial charge < -0.3 is 5.32 Å². The van der Waals surface area contributed by atoms with Crippen molar-refractivity contribution in [1.82, 2.24) is 4.98 Å². The summed E-state index contributed by atoms with van der Waals surface area (Å²) in [4.78, 5) is 18.0. The minimum atomic E-state index is -0.0300. The predicted octanol–water partition coefficient (Wildman–Crippen LogP) is 4.90. The van der Waals surface area contributed by atoms with Crippen LogP contribution in [0.25, 0.3) is 10.2 Å². The van der Waals surface area contributed by atoms with Gasteiger partial charge in [-0.15, -0.1) is 11.8 Å². The molecule has 0 fully saturated rings. The number of carbonyl (C=O) groups excluding carboxylic acids is 1. The molecule has 0 unspecified atom stereocenters. The molecule has 0 bridgehead atoms. The number of fused-ring (bicyclic) bond motifs is 1. The Hall–Kier alpha value is -1.85. The van der Waals surface area contributed by atoms with Gasteiger partial charge in [-0.1, -0.05) is 42.5 Å². The zero-order valence-electron chi connectivity index (χ0n) is 13.1. The first-order chi connectivity index (χ1) is 11.2. The van der Waals surface area contributed by atoms with Gasteiger partial charge >= 0.3 is 0 Å². The van der Waals surface area contributed by atoms with Gasteiger partial charge in [-0.05, 0) is 42.0 Å². The molecule has 0 aliphatic heterocycles. The van der Waals surface area contributed by atoms with Crippen LogP contribution >= 0.6 is 23.1 Å². The molecule has 1 amide bonds. The summed E-state index contributed by atoms with van der Waals surface area (Å²) in [6.07, 6.45) is 0.367. The number of amides is 1. The number of thiazole rings is 1. The maximum absolute atomic E-state index is 12.2. The Labute approximate surface area is 144 Å². The second kappa shape index (κ2) is 7.15. The van der Waals surface area contributed by atoms with E-state index in [9.17, 15) is 4.79 Å². The van der Waals surface area contributed by atoms with E-state index in [0.717, 1.165) is 27.1 Å². The SMILES string of the molecule is CCSc1ccc(CC(=O)Nc2nc3c(C)cccc3s2)cc1. The molecule has 5 heteroatoms. The second-order valence-corrected chi connectivity index (χ2v) is 7.61. The van der Waals surface area contributed by atoms with Crippen LogP contribution in [0.1, 0.15) is 18.1 Å². The van der Waals surface area contributed by atoms with Gasteiger partial charge in [0, 0.05) is 4.90 Å². The van der Waals surface area contributed by atoms with Gasteiger partial charge in [-0.2, -0.15) is 0 Å². The Morgan fingerprint density at radius 1 is 1.22 bits per heavy atom. The molecule has 1 heterocycles. The zero-order chi connectivity index (χ0) is 16.2. The van der Waals surface area contributed by atoms with Crippen LogP contribution < -0.4 is 5.32 Å². The maximum atomic E-state index is 12.2. The summed E-state index contributed by atoms with van der Waals surface area (Å²) >= 11 is 3.31. The average molecular weight is 342 g/mol. The van der Waals surface area contributed by atoms with Crippen molar-refractivity contribution in [2.75, 3.05) is 11.1 Å². The van der Waals surface area contributed by atoms with Gasteiger partial charge in [-0.25, -0.2) is 4.98 Å². The van der Waals surface area contributed by atoms with Crippen LogP contribution in [0.4, 0.5) is 5.13 Å². The van der Waals surface area contributed by atoms with Crippen molar-refractivity contribution < 1.29 is 4.79 Å². The topological polar surface area (TPSA) is 42.0 Å². The van der Waals surface area contributed by atoms with Gasteiger partial charge in [0.2, 0.25) is 5.91 Å². The number of hydrogen-bond acceptors (Lipinski definition) is 4. The molecule has 118 valence electrons. The molecule has 0 atom stereocenters. The van der Waals surface area contributed by atoms with E-state index in [1.165, 1.54) is 16.2 Å². The van der Waals surface area contributed by atoms with Crippen LogP contribution in [0, 0.1) is 6.92 Å². The van der Waals surface area contributed by atoms with E-state index in [0.29, 0.717) is 11.6 Å². The Bertz CT molecular complexity index is 825. The summed E-state index contributed by atoms with van der Waals surface area (Å²) in [7, 11) is 0. The van der Waals surface area contributed by atoms with Crippen molar-refractivity contribution in [2.45, 2.75) is 25.2 Å². The third kappa shape index (κ3) is 3.92. The number of nitrogens with zero attached hydrogens (tertiary/aromatic N) is 1. The molecule has 1 aromatic heterocycles. The number of nitrogens with one attached hydrogen (secondary N) is 1. The molecule has 0 aliphatic carbocycles. The Morgan fingerprint density at radius 3 is 2.70 bits per heavy atom. The molecular formula is C18H18N2OS2. The minimum Gasteiger partial charge on any atom is -0.302 e. The number of carbonyl (C=O) groups is 1. The maximum Gasteiger partial charge on any atom is 0.230 e. The minimum absolute atomic E-state index is 0.0300. The molecule has 2 aromatic carbocycles. The van der Waals surface area contributed by atoms with Gasteiger partial charge in [0.1, 0.15) is 0 Å². The molecule has 0 saturated carbocycles. The number of thioether (sulfide) groups is 1. The monoisotopic (exact) mass is 342 g/mol. The average Bonchev–Trinajstić information content (AvgIpc) is 2.93. The van der Waals surface area contributed by atoms with Crippen molar-refractivity contribution in [3.8, 4) is 0 Å². The quantitative estimate of drug-likeness (QED) is 0.671. The van der Waals surface area contributed by atoms with E-state index < -0.39 is 0 Å². The van der Waals surface area contributed by atoms with E-state index in [-0.39, 0.29) is 5.91 Å². The fourth-order valence-corrected chi connectivity index (χ4v) is 3.98. The van der Waals surface area contributed by atoms with Crippen molar-refractivity contribution in [2.24, 2.45) is 0 Å². The molecule has 3 aromatic rings. The van der Waals surface area contributed by atoms with Crippen molar-refractivity contribution in [3.05, 3.63) is 53.6 Å². The highest BCUT2D eigenvalue weighted by Gasteiger charge is 2.09. The number of anilines is 1. The highest BCUT2D eigenvalue weighted by Crippen LogP contribution is 2.28. The third-order valence-corrected chi connectivity index (χ3v) is 5.30. The lowest BCUT2D eigenvalue weighted by Crippen LogP contribution is -2.14. The Morgan fingerprint density at radius 2 is 2.00 bits per heavy atom. The predicted molar refractivity (Wildman–Crippen MR) is 99.5 cm³/mol. The summed E-state index contributed by atoms with van der Waals surface area (Å²) in [5.74, 6) is 1.02. The molecule has 0 radical (unpaired) electrons. The number of para-hydroxylation sites is 1. The molecule has 0 aliphatic rings. The van der Waals surface area contributed by atoms with E-state index in [1.54, 1.807) is 11.8 Å². The standard InChI is InChI=1S/C18H18N2OS2/c1-3-22-14-9-7-13(8-10-14)11-16(21)19-18-20-17-12(2)5-4-6-15(17)23-18/h4-10H,3,11H2,1-2H3,(H,19,20,21). The Kier molecular flexibility index (Phi) is 4.98. The van der Waals surface area contributed by atoms with Gasteiger partial charge in [-0.3, -0.25) is 4.79 Å². The van der Waals surface area contributed by atoms with Gasteiger partial charge in [0.15, 0.2) is 5.13 Å². The molecule has 3 nitrogen and oxygen atoms in total. The van der Waals surface area contributed by atoms with E-state index in [2.05, 4.69) is 29.4 Å². The van der Waals surface area contributed by atoms with E-state index in [4.69, 9.17) is 0 Å². The molecule has 3 rings (SSSR count). The lowest BCUT2D eigenvalue weighted by Gasteiger charge is -2.03. The number of aryl methyl sites for hydroxylation is 1. The van der Waals surface area contributed by atoms with Gasteiger partial charge in [0.05, 0.1) is 16.6 Å². The highest BCUT2D eigenvalue weighted by atomic mass is 32.2. The van der Waals surface area contributed by atoms with Crippen LogP contribution in [0.5, 0.6) is 0 Å². The molecular weight excluding hydrogens is 324 g/mol. The number of rotatable bonds is 5. The second-order valence-electron chi connectivity index (χ2n) is 5.24. The van der Waals surface area contributed by atoms with Crippen LogP contribution in [0.3, 0.4) is 0 Å². The fraction of sp³-hybridized carbons (Fsp3) is 0.222. The van der Waals surface area contributed by atoms with Crippen LogP contribution in [0.15, 0.2) is 47.4 Å². The third-order valence-electron chi connectivity index (χ3n) is 3.47. The van der Waals surface area contributed by atoms with Crippen LogP contribution in [-0.4, -0.2) is 16.6 Å². The number of aromatic nitrogens is 1. The fourth-order valence-electron chi connectivity index (χ4n) is 2.36.